The lowest BCUT2D eigenvalue weighted by Gasteiger charge is -2.07. The van der Waals surface area contributed by atoms with Gasteiger partial charge in [0.2, 0.25) is 5.16 Å². The van der Waals surface area contributed by atoms with Crippen molar-refractivity contribution in [3.05, 3.63) is 75.1 Å². The Morgan fingerprint density at radius 1 is 1.15 bits per heavy atom. The van der Waals surface area contributed by atoms with E-state index in [2.05, 4.69) is 22.4 Å². The highest BCUT2D eigenvalue weighted by Gasteiger charge is 2.12. The van der Waals surface area contributed by atoms with E-state index < -0.39 is 0 Å². The van der Waals surface area contributed by atoms with Crippen LogP contribution >= 0.6 is 23.4 Å². The molecular weight excluding hydrogens is 384 g/mol. The lowest BCUT2D eigenvalue weighted by atomic mass is 10.1. The minimum atomic E-state index is -0.358. The van der Waals surface area contributed by atoms with Crippen molar-refractivity contribution >= 4 is 34.3 Å². The number of hydrogen-bond donors (Lipinski definition) is 0. The smallest absolute Gasteiger partial charge is 0.336 e. The number of rotatable bonds is 5. The molecule has 0 atom stereocenters. The summed E-state index contributed by atoms with van der Waals surface area (Å²) >= 11 is 7.39. The number of tetrazole rings is 1. The van der Waals surface area contributed by atoms with Gasteiger partial charge in [-0.1, -0.05) is 42.4 Å². The third-order valence-electron chi connectivity index (χ3n) is 4.17. The minimum absolute atomic E-state index is 0.358. The van der Waals surface area contributed by atoms with Crippen molar-refractivity contribution < 1.29 is 4.42 Å². The van der Waals surface area contributed by atoms with Gasteiger partial charge in [0.05, 0.1) is 5.69 Å². The minimum Gasteiger partial charge on any atom is -0.423 e. The van der Waals surface area contributed by atoms with Crippen molar-refractivity contribution in [1.29, 1.82) is 0 Å². The summed E-state index contributed by atoms with van der Waals surface area (Å²) in [5.74, 6) is 0.543. The standard InChI is InChI=1S/C19H15ClN4O2S/c1-2-12-3-8-16-13(10-18(25)26-17(16)9-12)11-27-19-21-22-23-24(19)15-6-4-14(20)5-7-15/h3-10H,2,11H2,1H3. The summed E-state index contributed by atoms with van der Waals surface area (Å²) in [5.41, 5.74) is 3.08. The number of fused-ring (bicyclic) bond motifs is 1. The lowest BCUT2D eigenvalue weighted by Crippen LogP contribution is -2.02. The van der Waals surface area contributed by atoms with Gasteiger partial charge in [0.1, 0.15) is 5.58 Å². The third kappa shape index (κ3) is 3.74. The van der Waals surface area contributed by atoms with Crippen molar-refractivity contribution in [3.63, 3.8) is 0 Å². The summed E-state index contributed by atoms with van der Waals surface area (Å²) in [6.45, 7) is 2.07. The molecule has 136 valence electrons. The van der Waals surface area contributed by atoms with Crippen LogP contribution in [0, 0.1) is 0 Å². The van der Waals surface area contributed by atoms with Gasteiger partial charge in [-0.15, -0.1) is 5.10 Å². The molecule has 2 heterocycles. The summed E-state index contributed by atoms with van der Waals surface area (Å²) in [7, 11) is 0. The van der Waals surface area contributed by atoms with Crippen LogP contribution in [0.25, 0.3) is 16.7 Å². The largest absolute Gasteiger partial charge is 0.423 e. The summed E-state index contributed by atoms with van der Waals surface area (Å²) in [6.07, 6.45) is 0.883. The quantitative estimate of drug-likeness (QED) is 0.369. The summed E-state index contributed by atoms with van der Waals surface area (Å²) in [4.78, 5) is 12.0. The van der Waals surface area contributed by atoms with E-state index in [1.54, 1.807) is 16.8 Å². The maximum atomic E-state index is 12.0. The third-order valence-corrected chi connectivity index (χ3v) is 5.39. The van der Waals surface area contributed by atoms with Gasteiger partial charge in [-0.05, 0) is 58.3 Å². The first kappa shape index (κ1) is 17.8. The van der Waals surface area contributed by atoms with Crippen LogP contribution < -0.4 is 5.63 Å². The number of thioether (sulfide) groups is 1. The second-order valence-corrected chi connectivity index (χ2v) is 7.29. The monoisotopic (exact) mass is 398 g/mol. The predicted octanol–water partition coefficient (Wildman–Crippen LogP) is 4.28. The molecule has 0 radical (unpaired) electrons. The summed E-state index contributed by atoms with van der Waals surface area (Å²) in [6, 6.07) is 14.8. The molecular formula is C19H15ClN4O2S. The summed E-state index contributed by atoms with van der Waals surface area (Å²) < 4.78 is 7.01. The van der Waals surface area contributed by atoms with Gasteiger partial charge >= 0.3 is 5.63 Å². The Bertz CT molecular complexity index is 1150. The van der Waals surface area contributed by atoms with Crippen LogP contribution in [0.2, 0.25) is 5.02 Å². The second kappa shape index (κ2) is 7.54. The van der Waals surface area contributed by atoms with Gasteiger partial charge in [-0.25, -0.2) is 4.79 Å². The van der Waals surface area contributed by atoms with Crippen molar-refractivity contribution in [1.82, 2.24) is 20.2 Å². The number of aromatic nitrogens is 4. The van der Waals surface area contributed by atoms with E-state index in [9.17, 15) is 4.79 Å². The zero-order valence-corrected chi connectivity index (χ0v) is 16.0. The molecule has 4 rings (SSSR count). The molecule has 6 nitrogen and oxygen atoms in total. The maximum absolute atomic E-state index is 12.0. The highest BCUT2D eigenvalue weighted by molar-refractivity contribution is 7.98. The normalized spacial score (nSPS) is 11.2. The van der Waals surface area contributed by atoms with Gasteiger partial charge in [-0.3, -0.25) is 0 Å². The van der Waals surface area contributed by atoms with E-state index in [1.165, 1.54) is 17.8 Å². The number of benzene rings is 2. The van der Waals surface area contributed by atoms with Crippen LogP contribution in [0.1, 0.15) is 18.1 Å². The molecule has 0 aliphatic heterocycles. The second-order valence-electron chi connectivity index (χ2n) is 5.91. The molecule has 0 unspecified atom stereocenters. The average Bonchev–Trinajstić information content (AvgIpc) is 3.14. The molecule has 0 amide bonds. The first-order chi connectivity index (χ1) is 13.1. The Labute approximate surface area is 164 Å². The van der Waals surface area contributed by atoms with Gasteiger partial charge < -0.3 is 4.42 Å². The maximum Gasteiger partial charge on any atom is 0.336 e. The van der Waals surface area contributed by atoms with Crippen molar-refractivity contribution in [3.8, 4) is 5.69 Å². The Hall–Kier alpha value is -2.64. The highest BCUT2D eigenvalue weighted by Crippen LogP contribution is 2.27. The molecule has 0 spiro atoms. The van der Waals surface area contributed by atoms with Gasteiger partial charge in [0.25, 0.3) is 0 Å². The van der Waals surface area contributed by atoms with Crippen LogP contribution in [0.4, 0.5) is 0 Å². The van der Waals surface area contributed by atoms with Crippen LogP contribution in [0.5, 0.6) is 0 Å². The molecule has 4 aromatic rings. The Morgan fingerprint density at radius 2 is 1.96 bits per heavy atom. The van der Waals surface area contributed by atoms with E-state index in [-0.39, 0.29) is 5.63 Å². The van der Waals surface area contributed by atoms with E-state index >= 15 is 0 Å². The first-order valence-electron chi connectivity index (χ1n) is 8.37. The number of halogens is 1. The molecule has 0 saturated heterocycles. The number of hydrogen-bond acceptors (Lipinski definition) is 6. The van der Waals surface area contributed by atoms with Gasteiger partial charge in [0.15, 0.2) is 0 Å². The van der Waals surface area contributed by atoms with E-state index in [1.807, 2.05) is 30.3 Å². The number of aryl methyl sites for hydroxylation is 1. The molecule has 2 aromatic carbocycles. The van der Waals surface area contributed by atoms with E-state index in [0.717, 1.165) is 28.6 Å². The van der Waals surface area contributed by atoms with Crippen molar-refractivity contribution in [2.45, 2.75) is 24.3 Å². The lowest BCUT2D eigenvalue weighted by molar-refractivity contribution is 0.559. The number of nitrogens with zero attached hydrogens (tertiary/aromatic N) is 4. The molecule has 0 N–H and O–H groups in total. The van der Waals surface area contributed by atoms with E-state index in [0.29, 0.717) is 21.5 Å². The van der Waals surface area contributed by atoms with Gasteiger partial charge in [0, 0.05) is 22.2 Å². The zero-order chi connectivity index (χ0) is 18.8. The Balaban J connectivity index is 1.64. The van der Waals surface area contributed by atoms with Crippen LogP contribution in [0.3, 0.4) is 0 Å². The average molecular weight is 399 g/mol. The topological polar surface area (TPSA) is 73.8 Å². The zero-order valence-electron chi connectivity index (χ0n) is 14.4. The molecule has 27 heavy (non-hydrogen) atoms. The molecule has 2 aromatic heterocycles. The molecule has 0 saturated carbocycles. The fourth-order valence-corrected chi connectivity index (χ4v) is 3.78. The molecule has 0 aliphatic rings. The van der Waals surface area contributed by atoms with E-state index in [4.69, 9.17) is 16.0 Å². The highest BCUT2D eigenvalue weighted by atomic mass is 35.5. The Kier molecular flexibility index (Phi) is 4.96. The predicted molar refractivity (Wildman–Crippen MR) is 106 cm³/mol. The fraction of sp³-hybridized carbons (Fsp3) is 0.158. The van der Waals surface area contributed by atoms with Crippen molar-refractivity contribution in [2.75, 3.05) is 0 Å². The molecule has 0 bridgehead atoms. The van der Waals surface area contributed by atoms with Crippen LogP contribution in [0.15, 0.2) is 62.9 Å². The van der Waals surface area contributed by atoms with Crippen LogP contribution in [-0.4, -0.2) is 20.2 Å². The first-order valence-corrected chi connectivity index (χ1v) is 9.73. The SMILES string of the molecule is CCc1ccc2c(CSc3nnnn3-c3ccc(Cl)cc3)cc(=O)oc2c1. The van der Waals surface area contributed by atoms with Gasteiger partial charge in [-0.2, -0.15) is 4.68 Å². The molecule has 0 aliphatic carbocycles. The van der Waals surface area contributed by atoms with Crippen LogP contribution in [-0.2, 0) is 12.2 Å². The van der Waals surface area contributed by atoms with Crippen molar-refractivity contribution in [2.24, 2.45) is 0 Å². The fourth-order valence-electron chi connectivity index (χ4n) is 2.77. The Morgan fingerprint density at radius 3 is 2.74 bits per heavy atom. The summed E-state index contributed by atoms with van der Waals surface area (Å²) in [5, 5.41) is 14.1. The molecule has 0 fully saturated rings. The molecule has 8 heteroatoms.